The van der Waals surface area contributed by atoms with E-state index < -0.39 is 5.97 Å². The molecule has 0 saturated heterocycles. The Kier molecular flexibility index (Phi) is 3.95. The van der Waals surface area contributed by atoms with Gasteiger partial charge in [-0.15, -0.1) is 11.3 Å². The van der Waals surface area contributed by atoms with Crippen molar-refractivity contribution in [2.24, 2.45) is 0 Å². The molecule has 9 heteroatoms. The van der Waals surface area contributed by atoms with E-state index in [0.29, 0.717) is 32.4 Å². The lowest BCUT2D eigenvalue weighted by Gasteiger charge is -2.01. The number of hydrogen-bond acceptors (Lipinski definition) is 8. The molecule has 0 amide bonds. The zero-order chi connectivity index (χ0) is 16.6. The summed E-state index contributed by atoms with van der Waals surface area (Å²) in [6.45, 7) is 5.56. The topological polar surface area (TPSA) is 100 Å². The zero-order valence-electron chi connectivity index (χ0n) is 12.8. The Balaban J connectivity index is 2.06. The van der Waals surface area contributed by atoms with Gasteiger partial charge in [0.05, 0.1) is 18.3 Å². The van der Waals surface area contributed by atoms with Crippen molar-refractivity contribution in [1.29, 1.82) is 0 Å². The second-order valence-corrected chi connectivity index (χ2v) is 5.87. The lowest BCUT2D eigenvalue weighted by molar-refractivity contribution is 0.0531. The first-order valence-corrected chi connectivity index (χ1v) is 7.77. The van der Waals surface area contributed by atoms with E-state index >= 15 is 0 Å². The Hall–Kier alpha value is -2.55. The lowest BCUT2D eigenvalue weighted by atomic mass is 10.2. The van der Waals surface area contributed by atoms with Gasteiger partial charge in [-0.25, -0.2) is 9.78 Å². The van der Waals surface area contributed by atoms with Crippen LogP contribution in [0.3, 0.4) is 0 Å². The van der Waals surface area contributed by atoms with Crippen molar-refractivity contribution in [3.63, 3.8) is 0 Å². The van der Waals surface area contributed by atoms with Crippen LogP contribution in [0.5, 0.6) is 0 Å². The summed E-state index contributed by atoms with van der Waals surface area (Å²) in [4.78, 5) is 33.8. The number of nitrogens with zero attached hydrogens (tertiary/aromatic N) is 4. The fourth-order valence-corrected chi connectivity index (χ4v) is 3.25. The van der Waals surface area contributed by atoms with Crippen LogP contribution in [0.15, 0.2) is 15.6 Å². The molecule has 120 valence electrons. The maximum atomic E-state index is 12.6. The number of aromatic nitrogens is 4. The number of carbonyl (C=O) groups is 1. The molecule has 23 heavy (non-hydrogen) atoms. The minimum absolute atomic E-state index is 0.132. The molecule has 0 aliphatic rings. The Bertz CT molecular complexity index is 940. The van der Waals surface area contributed by atoms with Crippen molar-refractivity contribution in [3.8, 4) is 0 Å². The third-order valence-corrected chi connectivity index (χ3v) is 4.43. The number of esters is 1. The third-order valence-electron chi connectivity index (χ3n) is 3.25. The van der Waals surface area contributed by atoms with E-state index in [1.165, 1.54) is 10.9 Å². The molecule has 3 rings (SSSR count). The summed E-state index contributed by atoms with van der Waals surface area (Å²) in [7, 11) is 0. The van der Waals surface area contributed by atoms with Gasteiger partial charge in [0.25, 0.3) is 5.56 Å². The van der Waals surface area contributed by atoms with E-state index in [1.807, 2.05) is 0 Å². The van der Waals surface area contributed by atoms with E-state index in [0.717, 1.165) is 11.3 Å². The molecule has 0 aromatic carbocycles. The number of ether oxygens (including phenoxy) is 1. The summed E-state index contributed by atoms with van der Waals surface area (Å²) < 4.78 is 11.4. The number of carbonyl (C=O) groups excluding carboxylic acids is 1. The van der Waals surface area contributed by atoms with Crippen LogP contribution < -0.4 is 5.56 Å². The molecule has 0 radical (unpaired) electrons. The van der Waals surface area contributed by atoms with Gasteiger partial charge < -0.3 is 9.26 Å². The summed E-state index contributed by atoms with van der Waals surface area (Å²) in [5, 5.41) is 4.10. The molecule has 0 saturated carbocycles. The van der Waals surface area contributed by atoms with Gasteiger partial charge in [-0.05, 0) is 26.3 Å². The number of hydrogen-bond donors (Lipinski definition) is 0. The van der Waals surface area contributed by atoms with Crippen LogP contribution >= 0.6 is 11.3 Å². The molecule has 0 aliphatic heterocycles. The summed E-state index contributed by atoms with van der Waals surface area (Å²) in [6.07, 6.45) is 1.41. The monoisotopic (exact) mass is 334 g/mol. The summed E-state index contributed by atoms with van der Waals surface area (Å²) in [5.41, 5.74) is 0.326. The molecule has 0 spiro atoms. The van der Waals surface area contributed by atoms with Crippen molar-refractivity contribution in [2.45, 2.75) is 27.3 Å². The summed E-state index contributed by atoms with van der Waals surface area (Å²) in [6, 6.07) is 0. The molecule has 0 aliphatic carbocycles. The highest BCUT2D eigenvalue weighted by molar-refractivity contribution is 7.20. The summed E-state index contributed by atoms with van der Waals surface area (Å²) >= 11 is 1.15. The lowest BCUT2D eigenvalue weighted by Crippen LogP contribution is -2.21. The maximum absolute atomic E-state index is 12.6. The normalized spacial score (nSPS) is 11.1. The van der Waals surface area contributed by atoms with Gasteiger partial charge in [0.2, 0.25) is 5.89 Å². The first-order valence-electron chi connectivity index (χ1n) is 6.96. The highest BCUT2D eigenvalue weighted by atomic mass is 32.1. The molecule has 8 nitrogen and oxygen atoms in total. The zero-order valence-corrected chi connectivity index (χ0v) is 13.6. The van der Waals surface area contributed by atoms with Crippen molar-refractivity contribution in [1.82, 2.24) is 19.7 Å². The van der Waals surface area contributed by atoms with Crippen molar-refractivity contribution < 1.29 is 14.1 Å². The van der Waals surface area contributed by atoms with Crippen LogP contribution in [0.4, 0.5) is 0 Å². The van der Waals surface area contributed by atoms with Gasteiger partial charge >= 0.3 is 5.97 Å². The van der Waals surface area contributed by atoms with Crippen molar-refractivity contribution in [3.05, 3.63) is 38.8 Å². The van der Waals surface area contributed by atoms with Crippen LogP contribution in [-0.2, 0) is 11.3 Å². The Labute approximate surface area is 134 Å². The van der Waals surface area contributed by atoms with Crippen LogP contribution in [-0.4, -0.2) is 32.3 Å². The maximum Gasteiger partial charge on any atom is 0.348 e. The minimum atomic E-state index is -0.438. The minimum Gasteiger partial charge on any atom is -0.462 e. The molecule has 3 heterocycles. The number of fused-ring (bicyclic) bond motifs is 1. The first-order chi connectivity index (χ1) is 11.0. The number of rotatable bonds is 4. The molecular weight excluding hydrogens is 320 g/mol. The van der Waals surface area contributed by atoms with E-state index in [1.54, 1.807) is 20.8 Å². The quantitative estimate of drug-likeness (QED) is 0.669. The molecule has 0 atom stereocenters. The molecule has 3 aromatic heterocycles. The summed E-state index contributed by atoms with van der Waals surface area (Å²) in [5.74, 6) is 0.383. The molecule has 0 unspecified atom stereocenters. The van der Waals surface area contributed by atoms with Crippen molar-refractivity contribution >= 4 is 27.5 Å². The van der Waals surface area contributed by atoms with Gasteiger partial charge in [-0.2, -0.15) is 4.98 Å². The van der Waals surface area contributed by atoms with Gasteiger partial charge in [0.15, 0.2) is 5.82 Å². The SMILES string of the molecule is CCOC(=O)c1sc2ncn(Cc3nc(C)no3)c(=O)c2c1C. The molecule has 0 bridgehead atoms. The van der Waals surface area contributed by atoms with Gasteiger partial charge in [-0.1, -0.05) is 5.16 Å². The van der Waals surface area contributed by atoms with Crippen LogP contribution in [0.2, 0.25) is 0 Å². The van der Waals surface area contributed by atoms with E-state index in [4.69, 9.17) is 9.26 Å². The van der Waals surface area contributed by atoms with E-state index in [9.17, 15) is 9.59 Å². The smallest absolute Gasteiger partial charge is 0.348 e. The van der Waals surface area contributed by atoms with E-state index in [2.05, 4.69) is 15.1 Å². The third kappa shape index (κ3) is 2.74. The van der Waals surface area contributed by atoms with Gasteiger partial charge in [-0.3, -0.25) is 9.36 Å². The molecule has 0 fully saturated rings. The van der Waals surface area contributed by atoms with E-state index in [-0.39, 0.29) is 18.7 Å². The molecule has 0 N–H and O–H groups in total. The van der Waals surface area contributed by atoms with Crippen LogP contribution in [0.25, 0.3) is 10.2 Å². The molecular formula is C14H14N4O4S. The average molecular weight is 334 g/mol. The molecule has 3 aromatic rings. The Morgan fingerprint density at radius 2 is 2.22 bits per heavy atom. The highest BCUT2D eigenvalue weighted by Crippen LogP contribution is 2.27. The van der Waals surface area contributed by atoms with Gasteiger partial charge in [0, 0.05) is 0 Å². The Morgan fingerprint density at radius 1 is 1.43 bits per heavy atom. The fraction of sp³-hybridized carbons (Fsp3) is 0.357. The predicted octanol–water partition coefficient (Wildman–Crippen LogP) is 1.68. The standard InChI is InChI=1S/C14H14N4O4S/c1-4-21-14(20)11-7(2)10-12(23-11)15-6-18(13(10)19)5-9-16-8(3)17-22-9/h6H,4-5H2,1-3H3. The van der Waals surface area contributed by atoms with Crippen LogP contribution in [0, 0.1) is 13.8 Å². The second-order valence-electron chi connectivity index (χ2n) is 4.87. The largest absolute Gasteiger partial charge is 0.462 e. The Morgan fingerprint density at radius 3 is 2.87 bits per heavy atom. The van der Waals surface area contributed by atoms with Crippen molar-refractivity contribution in [2.75, 3.05) is 6.61 Å². The second kappa shape index (κ2) is 5.92. The van der Waals surface area contributed by atoms with Gasteiger partial charge in [0.1, 0.15) is 16.3 Å². The number of aryl methyl sites for hydroxylation is 2. The van der Waals surface area contributed by atoms with Crippen LogP contribution in [0.1, 0.15) is 33.9 Å². The highest BCUT2D eigenvalue weighted by Gasteiger charge is 2.20. The fourth-order valence-electron chi connectivity index (χ4n) is 2.21. The predicted molar refractivity (Wildman–Crippen MR) is 82.7 cm³/mol. The number of thiophene rings is 1. The first kappa shape index (κ1) is 15.3. The average Bonchev–Trinajstić information content (AvgIpc) is 3.06.